The van der Waals surface area contributed by atoms with E-state index >= 15 is 0 Å². The van der Waals surface area contributed by atoms with Crippen LogP contribution in [0.5, 0.6) is 0 Å². The van der Waals surface area contributed by atoms with Gasteiger partial charge in [0.15, 0.2) is 0 Å². The van der Waals surface area contributed by atoms with Gasteiger partial charge in [0.05, 0.1) is 11.7 Å². The van der Waals surface area contributed by atoms with Crippen LogP contribution in [0, 0.1) is 18.3 Å². The molecule has 26 heavy (non-hydrogen) atoms. The number of aliphatic hydroxyl groups is 1. The summed E-state index contributed by atoms with van der Waals surface area (Å²) < 4.78 is 0. The van der Waals surface area contributed by atoms with E-state index in [0.29, 0.717) is 22.1 Å². The third-order valence-electron chi connectivity index (χ3n) is 4.47. The van der Waals surface area contributed by atoms with Crippen molar-refractivity contribution in [2.45, 2.75) is 48.6 Å². The fourth-order valence-corrected chi connectivity index (χ4v) is 5.24. The fourth-order valence-electron chi connectivity index (χ4n) is 3.15. The van der Waals surface area contributed by atoms with Gasteiger partial charge >= 0.3 is 0 Å². The molecule has 0 saturated carbocycles. The second kappa shape index (κ2) is 9.14. The Bertz CT molecular complexity index is 818. The van der Waals surface area contributed by atoms with Gasteiger partial charge in [0, 0.05) is 27.1 Å². The SMILES string of the molecule is Cc1nc(SCC(O)CSc2ccc(Cl)cc2)c(C#N)c2c1CCCC2. The molecule has 0 spiro atoms. The van der Waals surface area contributed by atoms with Crippen molar-refractivity contribution in [2.75, 3.05) is 11.5 Å². The Kier molecular flexibility index (Phi) is 6.88. The summed E-state index contributed by atoms with van der Waals surface area (Å²) in [5, 5.41) is 21.4. The minimum absolute atomic E-state index is 0.467. The molecule has 3 nitrogen and oxygen atoms in total. The van der Waals surface area contributed by atoms with Crippen molar-refractivity contribution in [3.05, 3.63) is 51.7 Å². The average Bonchev–Trinajstić information content (AvgIpc) is 2.66. The standard InChI is InChI=1S/C20H21ClN2OS2/c1-13-17-4-2-3-5-18(17)19(10-22)20(23-13)26-12-15(24)11-25-16-8-6-14(21)7-9-16/h6-9,15,24H,2-5,11-12H2,1H3. The van der Waals surface area contributed by atoms with Crippen LogP contribution in [-0.2, 0) is 12.8 Å². The molecule has 1 aromatic heterocycles. The first kappa shape index (κ1) is 19.6. The molecule has 1 aliphatic rings. The average molecular weight is 405 g/mol. The van der Waals surface area contributed by atoms with E-state index in [1.54, 1.807) is 11.8 Å². The van der Waals surface area contributed by atoms with Gasteiger partial charge in [-0.15, -0.1) is 23.5 Å². The molecule has 0 bridgehead atoms. The third kappa shape index (κ3) is 4.75. The van der Waals surface area contributed by atoms with Gasteiger partial charge in [0.25, 0.3) is 0 Å². The van der Waals surface area contributed by atoms with Gasteiger partial charge in [-0.3, -0.25) is 0 Å². The summed E-state index contributed by atoms with van der Waals surface area (Å²) in [6.07, 6.45) is 3.83. The van der Waals surface area contributed by atoms with E-state index in [0.717, 1.165) is 34.9 Å². The smallest absolute Gasteiger partial charge is 0.114 e. The summed E-state index contributed by atoms with van der Waals surface area (Å²) in [5.74, 6) is 1.13. The fraction of sp³-hybridized carbons (Fsp3) is 0.400. The molecular weight excluding hydrogens is 384 g/mol. The van der Waals surface area contributed by atoms with Crippen LogP contribution in [0.25, 0.3) is 0 Å². The molecule has 2 aromatic rings. The largest absolute Gasteiger partial charge is 0.391 e. The van der Waals surface area contributed by atoms with Crippen molar-refractivity contribution in [1.82, 2.24) is 4.98 Å². The van der Waals surface area contributed by atoms with E-state index < -0.39 is 6.10 Å². The summed E-state index contributed by atoms with van der Waals surface area (Å²) in [4.78, 5) is 5.75. The van der Waals surface area contributed by atoms with Crippen molar-refractivity contribution in [3.63, 3.8) is 0 Å². The second-order valence-electron chi connectivity index (χ2n) is 6.38. The molecule has 1 atom stereocenters. The van der Waals surface area contributed by atoms with Crippen LogP contribution < -0.4 is 0 Å². The number of aromatic nitrogens is 1. The number of hydrogen-bond donors (Lipinski definition) is 1. The van der Waals surface area contributed by atoms with E-state index in [-0.39, 0.29) is 0 Å². The Morgan fingerprint density at radius 1 is 1.15 bits per heavy atom. The molecule has 0 radical (unpaired) electrons. The molecule has 1 aromatic carbocycles. The molecule has 3 rings (SSSR count). The number of nitriles is 1. The number of halogens is 1. The van der Waals surface area contributed by atoms with E-state index in [9.17, 15) is 10.4 Å². The molecule has 0 aliphatic heterocycles. The van der Waals surface area contributed by atoms with E-state index in [1.165, 1.54) is 29.3 Å². The minimum atomic E-state index is -0.467. The summed E-state index contributed by atoms with van der Waals surface area (Å²) in [5.41, 5.74) is 4.19. The third-order valence-corrected chi connectivity index (χ3v) is 7.00. The number of aliphatic hydroxyl groups excluding tert-OH is 1. The highest BCUT2D eigenvalue weighted by atomic mass is 35.5. The molecule has 1 unspecified atom stereocenters. The van der Waals surface area contributed by atoms with Crippen molar-refractivity contribution in [2.24, 2.45) is 0 Å². The Hall–Kier alpha value is -1.19. The lowest BCUT2D eigenvalue weighted by Crippen LogP contribution is -2.15. The number of fused-ring (bicyclic) bond motifs is 1. The quantitative estimate of drug-likeness (QED) is 0.683. The topological polar surface area (TPSA) is 56.9 Å². The van der Waals surface area contributed by atoms with E-state index in [1.807, 2.05) is 31.2 Å². The number of rotatable bonds is 6. The normalized spacial score (nSPS) is 14.5. The molecule has 0 fully saturated rings. The van der Waals surface area contributed by atoms with Gasteiger partial charge in [-0.2, -0.15) is 5.26 Å². The van der Waals surface area contributed by atoms with Gasteiger partial charge in [-0.1, -0.05) is 11.6 Å². The van der Waals surface area contributed by atoms with Gasteiger partial charge < -0.3 is 5.11 Å². The lowest BCUT2D eigenvalue weighted by atomic mass is 9.88. The predicted octanol–water partition coefficient (Wildman–Crippen LogP) is 5.04. The van der Waals surface area contributed by atoms with E-state index in [2.05, 4.69) is 11.1 Å². The maximum atomic E-state index is 10.3. The minimum Gasteiger partial charge on any atom is -0.391 e. The van der Waals surface area contributed by atoms with Crippen molar-refractivity contribution in [3.8, 4) is 6.07 Å². The van der Waals surface area contributed by atoms with Crippen molar-refractivity contribution >= 4 is 35.1 Å². The molecule has 0 amide bonds. The first-order valence-electron chi connectivity index (χ1n) is 8.70. The lowest BCUT2D eigenvalue weighted by molar-refractivity contribution is 0.225. The second-order valence-corrected chi connectivity index (χ2v) is 8.92. The number of hydrogen-bond acceptors (Lipinski definition) is 5. The Morgan fingerprint density at radius 3 is 2.50 bits per heavy atom. The van der Waals surface area contributed by atoms with Gasteiger partial charge in [0.1, 0.15) is 11.1 Å². The highest BCUT2D eigenvalue weighted by molar-refractivity contribution is 8.00. The lowest BCUT2D eigenvalue weighted by Gasteiger charge is -2.21. The number of aryl methyl sites for hydroxylation is 1. The molecule has 0 saturated heterocycles. The van der Waals surface area contributed by atoms with Gasteiger partial charge in [-0.05, 0) is 68.0 Å². The van der Waals surface area contributed by atoms with Crippen LogP contribution in [0.2, 0.25) is 5.02 Å². The molecular formula is C20H21ClN2OS2. The Balaban J connectivity index is 1.63. The highest BCUT2D eigenvalue weighted by Gasteiger charge is 2.21. The first-order valence-corrected chi connectivity index (χ1v) is 11.0. The molecule has 1 N–H and O–H groups in total. The first-order chi connectivity index (χ1) is 12.6. The maximum absolute atomic E-state index is 10.3. The zero-order valence-electron chi connectivity index (χ0n) is 14.7. The van der Waals surface area contributed by atoms with Crippen LogP contribution in [0.4, 0.5) is 0 Å². The van der Waals surface area contributed by atoms with Gasteiger partial charge in [-0.25, -0.2) is 4.98 Å². The number of nitrogens with zero attached hydrogens (tertiary/aromatic N) is 2. The zero-order chi connectivity index (χ0) is 18.5. The van der Waals surface area contributed by atoms with Crippen LogP contribution in [0.1, 0.15) is 35.2 Å². The maximum Gasteiger partial charge on any atom is 0.114 e. The molecule has 1 heterocycles. The molecule has 1 aliphatic carbocycles. The molecule has 6 heteroatoms. The number of pyridine rings is 1. The number of benzene rings is 1. The summed E-state index contributed by atoms with van der Waals surface area (Å²) in [7, 11) is 0. The predicted molar refractivity (Wildman–Crippen MR) is 109 cm³/mol. The summed E-state index contributed by atoms with van der Waals surface area (Å²) in [6, 6.07) is 9.96. The monoisotopic (exact) mass is 404 g/mol. The summed E-state index contributed by atoms with van der Waals surface area (Å²) >= 11 is 8.98. The van der Waals surface area contributed by atoms with Crippen LogP contribution >= 0.6 is 35.1 Å². The Labute approximate surface area is 168 Å². The van der Waals surface area contributed by atoms with Crippen LogP contribution in [0.15, 0.2) is 34.2 Å². The molecule has 136 valence electrons. The zero-order valence-corrected chi connectivity index (χ0v) is 17.1. The van der Waals surface area contributed by atoms with Crippen molar-refractivity contribution < 1.29 is 5.11 Å². The van der Waals surface area contributed by atoms with Crippen LogP contribution in [-0.4, -0.2) is 27.7 Å². The number of thioether (sulfide) groups is 2. The Morgan fingerprint density at radius 2 is 1.81 bits per heavy atom. The van der Waals surface area contributed by atoms with Gasteiger partial charge in [0.2, 0.25) is 0 Å². The highest BCUT2D eigenvalue weighted by Crippen LogP contribution is 2.32. The van der Waals surface area contributed by atoms with E-state index in [4.69, 9.17) is 11.6 Å². The summed E-state index contributed by atoms with van der Waals surface area (Å²) in [6.45, 7) is 2.03. The van der Waals surface area contributed by atoms with Crippen LogP contribution in [0.3, 0.4) is 0 Å². The van der Waals surface area contributed by atoms with Crippen molar-refractivity contribution in [1.29, 1.82) is 5.26 Å².